The minimum absolute atomic E-state index is 0.176. The molecule has 2 aliphatic rings. The van der Waals surface area contributed by atoms with Crippen LogP contribution in [0.4, 0.5) is 28.9 Å². The third kappa shape index (κ3) is 5.76. The highest BCUT2D eigenvalue weighted by Crippen LogP contribution is 2.36. The Hall–Kier alpha value is -3.69. The number of nitrogens with zero attached hydrogens (tertiary/aromatic N) is 3. The number of pyridine rings is 1. The number of piperazine rings is 1. The number of anilines is 2. The third-order valence-corrected chi connectivity index (χ3v) is 7.77. The van der Waals surface area contributed by atoms with Crippen molar-refractivity contribution in [2.45, 2.75) is 38.1 Å². The topological polar surface area (TPSA) is 40.6 Å². The van der Waals surface area contributed by atoms with Crippen LogP contribution in [0.25, 0.3) is 10.9 Å². The maximum atomic E-state index is 13.8. The molecule has 0 amide bonds. The maximum Gasteiger partial charge on any atom is 0.416 e. The lowest BCUT2D eigenvalue weighted by Crippen LogP contribution is -2.47. The van der Waals surface area contributed by atoms with Gasteiger partial charge in [0.05, 0.1) is 11.1 Å². The highest BCUT2D eigenvalue weighted by molar-refractivity contribution is 5.93. The van der Waals surface area contributed by atoms with E-state index in [0.717, 1.165) is 60.3 Å². The summed E-state index contributed by atoms with van der Waals surface area (Å²) in [5.74, 6) is -0.0581. The number of nitrogens with one attached hydrogen (secondary N) is 1. The number of ether oxygens (including phenoxy) is 1. The molecular weight excluding hydrogens is 520 g/mol. The monoisotopic (exact) mass is 550 g/mol. The van der Waals surface area contributed by atoms with Crippen molar-refractivity contribution in [1.82, 2.24) is 14.8 Å². The van der Waals surface area contributed by atoms with Gasteiger partial charge in [0.15, 0.2) is 0 Å². The molecule has 3 heterocycles. The van der Waals surface area contributed by atoms with Crippen molar-refractivity contribution in [2.24, 2.45) is 0 Å². The van der Waals surface area contributed by atoms with Gasteiger partial charge in [-0.2, -0.15) is 13.2 Å². The number of para-hydroxylation sites is 1. The van der Waals surface area contributed by atoms with E-state index < -0.39 is 11.7 Å². The standard InChI is InChI=1S/C31H30F4N4O/c1-20-12-30(28-4-2-3-5-29(28)36-20)37-24-13-22(31(33,34)35)14-27(15-24)40-11-10-38-18-26-16-25(38)19-39(26)17-21-6-8-23(32)9-7-21/h2-9,12-15,25-26H,10-11,16-19H2,1H3,(H,36,37)/t25-,26-/m1/s1. The zero-order valence-electron chi connectivity index (χ0n) is 22.1. The van der Waals surface area contributed by atoms with E-state index in [0.29, 0.717) is 36.6 Å². The Labute approximate surface area is 230 Å². The second kappa shape index (κ2) is 10.7. The molecule has 4 aromatic rings. The molecule has 0 spiro atoms. The van der Waals surface area contributed by atoms with E-state index in [4.69, 9.17) is 4.74 Å². The average molecular weight is 551 g/mol. The van der Waals surface area contributed by atoms with E-state index in [1.54, 1.807) is 6.07 Å². The van der Waals surface area contributed by atoms with Crippen molar-refractivity contribution < 1.29 is 22.3 Å². The molecule has 0 radical (unpaired) electrons. The quantitative estimate of drug-likeness (QED) is 0.245. The Morgan fingerprint density at radius 2 is 1.70 bits per heavy atom. The van der Waals surface area contributed by atoms with Crippen molar-refractivity contribution in [3.8, 4) is 5.75 Å². The van der Waals surface area contributed by atoms with Crippen molar-refractivity contribution in [3.63, 3.8) is 0 Å². The molecule has 3 aromatic carbocycles. The van der Waals surface area contributed by atoms with E-state index in [1.807, 2.05) is 49.4 Å². The normalized spacial score (nSPS) is 19.4. The van der Waals surface area contributed by atoms with Gasteiger partial charge >= 0.3 is 6.18 Å². The van der Waals surface area contributed by atoms with Crippen molar-refractivity contribution in [1.29, 1.82) is 0 Å². The third-order valence-electron chi connectivity index (χ3n) is 7.77. The fourth-order valence-corrected chi connectivity index (χ4v) is 5.89. The van der Waals surface area contributed by atoms with Crippen LogP contribution in [0.5, 0.6) is 5.75 Å². The first-order valence-electron chi connectivity index (χ1n) is 13.4. The lowest BCUT2D eigenvalue weighted by molar-refractivity contribution is -0.137. The molecule has 40 heavy (non-hydrogen) atoms. The van der Waals surface area contributed by atoms with Gasteiger partial charge in [-0.1, -0.05) is 30.3 Å². The van der Waals surface area contributed by atoms with Crippen molar-refractivity contribution in [2.75, 3.05) is 31.6 Å². The van der Waals surface area contributed by atoms with Gasteiger partial charge in [-0.25, -0.2) is 4.39 Å². The zero-order valence-corrected chi connectivity index (χ0v) is 22.1. The summed E-state index contributed by atoms with van der Waals surface area (Å²) in [5.41, 5.74) is 2.85. The molecule has 2 bridgehead atoms. The number of benzene rings is 3. The van der Waals surface area contributed by atoms with Gasteiger partial charge < -0.3 is 10.1 Å². The van der Waals surface area contributed by atoms with Crippen molar-refractivity contribution >= 4 is 22.3 Å². The molecule has 5 nitrogen and oxygen atoms in total. The van der Waals surface area contributed by atoms with Gasteiger partial charge in [0, 0.05) is 66.8 Å². The Balaban J connectivity index is 1.11. The summed E-state index contributed by atoms with van der Waals surface area (Å²) in [6.45, 7) is 5.37. The van der Waals surface area contributed by atoms with Gasteiger partial charge in [-0.3, -0.25) is 14.8 Å². The minimum atomic E-state index is -4.51. The molecule has 0 aliphatic carbocycles. The molecule has 1 aromatic heterocycles. The predicted molar refractivity (Wildman–Crippen MR) is 147 cm³/mol. The van der Waals surface area contributed by atoms with E-state index in [1.165, 1.54) is 12.1 Å². The van der Waals surface area contributed by atoms with Crippen LogP contribution in [0.2, 0.25) is 0 Å². The first kappa shape index (κ1) is 26.5. The van der Waals surface area contributed by atoms with Gasteiger partial charge in [-0.15, -0.1) is 0 Å². The van der Waals surface area contributed by atoms with Gasteiger partial charge in [-0.05, 0) is 55.3 Å². The molecule has 0 unspecified atom stereocenters. The SMILES string of the molecule is Cc1cc(Nc2cc(OCCN3C[C@H]4C[C@@H]3CN4Cc3ccc(F)cc3)cc(C(F)(F)F)c2)c2ccccc2n1. The first-order valence-corrected chi connectivity index (χ1v) is 13.4. The highest BCUT2D eigenvalue weighted by Gasteiger charge is 2.42. The lowest BCUT2D eigenvalue weighted by atomic mass is 10.1. The number of halogens is 4. The fourth-order valence-electron chi connectivity index (χ4n) is 5.89. The summed E-state index contributed by atoms with van der Waals surface area (Å²) < 4.78 is 60.4. The van der Waals surface area contributed by atoms with Crippen LogP contribution >= 0.6 is 0 Å². The fraction of sp³-hybridized carbons (Fsp3) is 0.323. The van der Waals surface area contributed by atoms with Crippen LogP contribution in [0, 0.1) is 12.7 Å². The molecule has 9 heteroatoms. The Morgan fingerprint density at radius 3 is 2.45 bits per heavy atom. The van der Waals surface area contributed by atoms with Gasteiger partial charge in [0.1, 0.15) is 18.2 Å². The van der Waals surface area contributed by atoms with Crippen LogP contribution in [0.1, 0.15) is 23.2 Å². The first-order chi connectivity index (χ1) is 19.2. The van der Waals surface area contributed by atoms with Crippen LogP contribution in [-0.4, -0.2) is 53.1 Å². The summed E-state index contributed by atoms with van der Waals surface area (Å²) >= 11 is 0. The van der Waals surface area contributed by atoms with E-state index in [-0.39, 0.29) is 11.6 Å². The van der Waals surface area contributed by atoms with E-state index in [2.05, 4.69) is 20.1 Å². The summed E-state index contributed by atoms with van der Waals surface area (Å²) in [6.07, 6.45) is -3.45. The maximum absolute atomic E-state index is 13.8. The molecule has 208 valence electrons. The largest absolute Gasteiger partial charge is 0.492 e. The van der Waals surface area contributed by atoms with Crippen LogP contribution in [0.15, 0.2) is 72.8 Å². The summed E-state index contributed by atoms with van der Waals surface area (Å²) in [6, 6.07) is 20.5. The lowest BCUT2D eigenvalue weighted by Gasteiger charge is -2.34. The summed E-state index contributed by atoms with van der Waals surface area (Å²) in [5, 5.41) is 3.99. The molecular formula is C31H30F4N4O. The summed E-state index contributed by atoms with van der Waals surface area (Å²) in [4.78, 5) is 9.28. The molecule has 2 atom stereocenters. The zero-order chi connectivity index (χ0) is 27.9. The Morgan fingerprint density at radius 1 is 0.950 bits per heavy atom. The number of fused-ring (bicyclic) bond motifs is 3. The predicted octanol–water partition coefficient (Wildman–Crippen LogP) is 6.78. The number of alkyl halides is 3. The number of aromatic nitrogens is 1. The molecule has 6 rings (SSSR count). The minimum Gasteiger partial charge on any atom is -0.492 e. The smallest absolute Gasteiger partial charge is 0.416 e. The molecule has 2 fully saturated rings. The molecule has 2 saturated heterocycles. The Bertz CT molecular complexity index is 1510. The molecule has 2 aliphatic heterocycles. The second-order valence-electron chi connectivity index (χ2n) is 10.6. The van der Waals surface area contributed by atoms with Crippen molar-refractivity contribution in [3.05, 3.63) is 95.4 Å². The van der Waals surface area contributed by atoms with Crippen LogP contribution in [0.3, 0.4) is 0 Å². The number of aryl methyl sites for hydroxylation is 1. The number of hydrogen-bond donors (Lipinski definition) is 1. The second-order valence-corrected chi connectivity index (χ2v) is 10.6. The Kier molecular flexibility index (Phi) is 7.10. The molecule has 1 N–H and O–H groups in total. The van der Waals surface area contributed by atoms with Crippen LogP contribution < -0.4 is 10.1 Å². The van der Waals surface area contributed by atoms with E-state index in [9.17, 15) is 17.6 Å². The molecule has 0 saturated carbocycles. The average Bonchev–Trinajstić information content (AvgIpc) is 3.50. The summed E-state index contributed by atoms with van der Waals surface area (Å²) in [7, 11) is 0. The highest BCUT2D eigenvalue weighted by atomic mass is 19.4. The number of hydrogen-bond acceptors (Lipinski definition) is 5. The van der Waals surface area contributed by atoms with E-state index >= 15 is 0 Å². The number of rotatable bonds is 8. The van der Waals surface area contributed by atoms with Gasteiger partial charge in [0.25, 0.3) is 0 Å². The number of likely N-dealkylation sites (tertiary alicyclic amines) is 2. The van der Waals surface area contributed by atoms with Crippen LogP contribution in [-0.2, 0) is 12.7 Å². The van der Waals surface area contributed by atoms with Gasteiger partial charge in [0.2, 0.25) is 0 Å².